The lowest BCUT2D eigenvalue weighted by molar-refractivity contribution is 0.250. The SMILES string of the molecule is C=CCN(C)CCOc1ccc(C)cc1-c1ccnn1C=C. The van der Waals surface area contributed by atoms with E-state index in [1.807, 2.05) is 25.3 Å². The maximum absolute atomic E-state index is 5.98. The molecule has 0 bridgehead atoms. The molecule has 1 aromatic heterocycles. The lowest BCUT2D eigenvalue weighted by atomic mass is 10.1. The van der Waals surface area contributed by atoms with Gasteiger partial charge in [-0.2, -0.15) is 5.10 Å². The van der Waals surface area contributed by atoms with Crippen molar-refractivity contribution < 1.29 is 4.74 Å². The smallest absolute Gasteiger partial charge is 0.128 e. The minimum Gasteiger partial charge on any atom is -0.492 e. The summed E-state index contributed by atoms with van der Waals surface area (Å²) in [5.41, 5.74) is 3.19. The summed E-state index contributed by atoms with van der Waals surface area (Å²) in [6, 6.07) is 8.15. The second-order valence-electron chi connectivity index (χ2n) is 5.24. The Balaban J connectivity index is 2.18. The number of nitrogens with zero attached hydrogens (tertiary/aromatic N) is 3. The van der Waals surface area contributed by atoms with Crippen LogP contribution in [0, 0.1) is 6.92 Å². The first kappa shape index (κ1) is 16.0. The van der Waals surface area contributed by atoms with Crippen LogP contribution in [0.2, 0.25) is 0 Å². The average molecular weight is 297 g/mol. The Hall–Kier alpha value is -2.33. The Kier molecular flexibility index (Phi) is 5.55. The lowest BCUT2D eigenvalue weighted by Gasteiger charge is -2.17. The Morgan fingerprint density at radius 3 is 2.86 bits per heavy atom. The third-order valence-electron chi connectivity index (χ3n) is 3.43. The van der Waals surface area contributed by atoms with Gasteiger partial charge < -0.3 is 4.74 Å². The Bertz CT molecular complexity index is 646. The maximum Gasteiger partial charge on any atom is 0.128 e. The van der Waals surface area contributed by atoms with Crippen LogP contribution in [0.5, 0.6) is 5.75 Å². The largest absolute Gasteiger partial charge is 0.492 e. The van der Waals surface area contributed by atoms with Crippen molar-refractivity contribution in [3.8, 4) is 17.0 Å². The molecule has 0 radical (unpaired) electrons. The van der Waals surface area contributed by atoms with Crippen LogP contribution >= 0.6 is 0 Å². The van der Waals surface area contributed by atoms with E-state index in [4.69, 9.17) is 4.74 Å². The van der Waals surface area contributed by atoms with Gasteiger partial charge in [-0.25, -0.2) is 4.68 Å². The minimum atomic E-state index is 0.628. The van der Waals surface area contributed by atoms with Gasteiger partial charge in [-0.05, 0) is 32.2 Å². The van der Waals surface area contributed by atoms with Gasteiger partial charge in [-0.15, -0.1) is 6.58 Å². The summed E-state index contributed by atoms with van der Waals surface area (Å²) < 4.78 is 7.74. The lowest BCUT2D eigenvalue weighted by Crippen LogP contribution is -2.24. The van der Waals surface area contributed by atoms with E-state index in [-0.39, 0.29) is 0 Å². The van der Waals surface area contributed by atoms with Gasteiger partial charge in [0.05, 0.1) is 11.9 Å². The second kappa shape index (κ2) is 7.61. The summed E-state index contributed by atoms with van der Waals surface area (Å²) in [5.74, 6) is 0.862. The summed E-state index contributed by atoms with van der Waals surface area (Å²) in [7, 11) is 2.05. The van der Waals surface area contributed by atoms with Crippen LogP contribution in [0.1, 0.15) is 5.56 Å². The van der Waals surface area contributed by atoms with Gasteiger partial charge in [0.1, 0.15) is 12.4 Å². The van der Waals surface area contributed by atoms with Crippen LogP contribution in [0.4, 0.5) is 0 Å². The first-order chi connectivity index (χ1) is 10.7. The van der Waals surface area contributed by atoms with E-state index in [1.54, 1.807) is 17.1 Å². The highest BCUT2D eigenvalue weighted by atomic mass is 16.5. The summed E-state index contributed by atoms with van der Waals surface area (Å²) in [5, 5.41) is 4.24. The molecule has 0 atom stereocenters. The van der Waals surface area contributed by atoms with Crippen molar-refractivity contribution in [1.82, 2.24) is 14.7 Å². The van der Waals surface area contributed by atoms with Gasteiger partial charge >= 0.3 is 0 Å². The van der Waals surface area contributed by atoms with Crippen LogP contribution in [-0.4, -0.2) is 41.4 Å². The summed E-state index contributed by atoms with van der Waals surface area (Å²) in [6.45, 7) is 11.9. The van der Waals surface area contributed by atoms with E-state index in [0.717, 1.165) is 30.1 Å². The fraction of sp³-hybridized carbons (Fsp3) is 0.278. The monoisotopic (exact) mass is 297 g/mol. The van der Waals surface area contributed by atoms with Crippen molar-refractivity contribution in [2.24, 2.45) is 0 Å². The zero-order chi connectivity index (χ0) is 15.9. The first-order valence-corrected chi connectivity index (χ1v) is 7.35. The number of ether oxygens (including phenoxy) is 1. The fourth-order valence-corrected chi connectivity index (χ4v) is 2.27. The highest BCUT2D eigenvalue weighted by Crippen LogP contribution is 2.31. The number of aryl methyl sites for hydroxylation is 1. The Labute approximate surface area is 132 Å². The molecular weight excluding hydrogens is 274 g/mol. The molecule has 0 aliphatic carbocycles. The highest BCUT2D eigenvalue weighted by molar-refractivity contribution is 5.69. The van der Waals surface area contributed by atoms with Crippen LogP contribution < -0.4 is 4.74 Å². The zero-order valence-electron chi connectivity index (χ0n) is 13.3. The van der Waals surface area contributed by atoms with Crippen molar-refractivity contribution >= 4 is 6.20 Å². The van der Waals surface area contributed by atoms with Gasteiger partial charge in [-0.3, -0.25) is 4.90 Å². The molecule has 0 amide bonds. The standard InChI is InChI=1S/C18H23N3O/c1-5-11-20(4)12-13-22-18-8-7-15(3)14-16(18)17-9-10-19-21(17)6-2/h5-10,14H,1-2,11-13H2,3-4H3. The summed E-state index contributed by atoms with van der Waals surface area (Å²) in [4.78, 5) is 2.16. The van der Waals surface area contributed by atoms with E-state index in [9.17, 15) is 0 Å². The number of hydrogen-bond donors (Lipinski definition) is 0. The molecular formula is C18H23N3O. The Morgan fingerprint density at radius 1 is 1.32 bits per heavy atom. The molecule has 0 N–H and O–H groups in total. The molecule has 4 heteroatoms. The summed E-state index contributed by atoms with van der Waals surface area (Å²) >= 11 is 0. The van der Waals surface area contributed by atoms with Crippen LogP contribution in [0.15, 0.2) is 49.7 Å². The van der Waals surface area contributed by atoms with E-state index in [2.05, 4.69) is 42.2 Å². The topological polar surface area (TPSA) is 30.3 Å². The van der Waals surface area contributed by atoms with Gasteiger partial charge in [0.15, 0.2) is 0 Å². The zero-order valence-corrected chi connectivity index (χ0v) is 13.3. The number of rotatable bonds is 8. The third-order valence-corrected chi connectivity index (χ3v) is 3.43. The number of aromatic nitrogens is 2. The first-order valence-electron chi connectivity index (χ1n) is 7.35. The van der Waals surface area contributed by atoms with E-state index in [1.165, 1.54) is 5.56 Å². The number of likely N-dealkylation sites (N-methyl/N-ethyl adjacent to an activating group) is 1. The predicted octanol–water partition coefficient (Wildman–Crippen LogP) is 3.46. The van der Waals surface area contributed by atoms with Crippen molar-refractivity contribution in [3.63, 3.8) is 0 Å². The van der Waals surface area contributed by atoms with Gasteiger partial charge in [0.2, 0.25) is 0 Å². The van der Waals surface area contributed by atoms with E-state index < -0.39 is 0 Å². The van der Waals surface area contributed by atoms with Crippen LogP contribution in [-0.2, 0) is 0 Å². The maximum atomic E-state index is 5.98. The summed E-state index contributed by atoms with van der Waals surface area (Å²) in [6.07, 6.45) is 5.35. The molecule has 0 spiro atoms. The van der Waals surface area contributed by atoms with Gasteiger partial charge in [-0.1, -0.05) is 24.3 Å². The Morgan fingerprint density at radius 2 is 2.14 bits per heavy atom. The molecule has 0 saturated heterocycles. The van der Waals surface area contributed by atoms with E-state index >= 15 is 0 Å². The second-order valence-corrected chi connectivity index (χ2v) is 5.24. The fourth-order valence-electron chi connectivity index (χ4n) is 2.27. The number of hydrogen-bond acceptors (Lipinski definition) is 3. The molecule has 0 saturated carbocycles. The van der Waals surface area contributed by atoms with Gasteiger partial charge in [0.25, 0.3) is 0 Å². The minimum absolute atomic E-state index is 0.628. The molecule has 22 heavy (non-hydrogen) atoms. The van der Waals surface area contributed by atoms with Gasteiger partial charge in [0, 0.05) is 24.9 Å². The van der Waals surface area contributed by atoms with E-state index in [0.29, 0.717) is 6.61 Å². The normalized spacial score (nSPS) is 10.7. The predicted molar refractivity (Wildman–Crippen MR) is 92.0 cm³/mol. The molecule has 2 aromatic rings. The van der Waals surface area contributed by atoms with Crippen molar-refractivity contribution in [2.75, 3.05) is 26.7 Å². The van der Waals surface area contributed by atoms with Crippen molar-refractivity contribution in [2.45, 2.75) is 6.92 Å². The molecule has 0 aliphatic heterocycles. The van der Waals surface area contributed by atoms with Crippen molar-refractivity contribution in [1.29, 1.82) is 0 Å². The third kappa shape index (κ3) is 3.86. The van der Waals surface area contributed by atoms with Crippen LogP contribution in [0.25, 0.3) is 17.5 Å². The molecule has 1 heterocycles. The quantitative estimate of drug-likeness (QED) is 0.699. The molecule has 116 valence electrons. The molecule has 0 fully saturated rings. The average Bonchev–Trinajstić information content (AvgIpc) is 2.97. The highest BCUT2D eigenvalue weighted by Gasteiger charge is 2.11. The molecule has 4 nitrogen and oxygen atoms in total. The van der Waals surface area contributed by atoms with Crippen LogP contribution in [0.3, 0.4) is 0 Å². The molecule has 0 unspecified atom stereocenters. The number of benzene rings is 1. The molecule has 1 aromatic carbocycles. The molecule has 2 rings (SSSR count). The van der Waals surface area contributed by atoms with Crippen molar-refractivity contribution in [3.05, 3.63) is 55.3 Å². The molecule has 0 aliphatic rings.